The average Bonchev–Trinajstić information content (AvgIpc) is 3.09. The third-order valence-electron chi connectivity index (χ3n) is 1.84. The van der Waals surface area contributed by atoms with Gasteiger partial charge < -0.3 is 14.7 Å². The highest BCUT2D eigenvalue weighted by Gasteiger charge is 2.36. The lowest BCUT2D eigenvalue weighted by atomic mass is 10.3. The molecule has 0 saturated heterocycles. The summed E-state index contributed by atoms with van der Waals surface area (Å²) in [5.74, 6) is -3.88. The van der Waals surface area contributed by atoms with E-state index in [1.165, 1.54) is 17.5 Å². The number of carboxylic acid groups (broad SMARTS) is 2. The van der Waals surface area contributed by atoms with Gasteiger partial charge in [0.05, 0.1) is 11.2 Å². The van der Waals surface area contributed by atoms with E-state index in [0.717, 1.165) is 5.01 Å². The summed E-state index contributed by atoms with van der Waals surface area (Å²) in [4.78, 5) is 24.3. The standard InChI is InChI=1S/C5H2F3NO3.C5H5NO2S.C2H6/c6-5(7,8)3-1-2(4(10)11)9-12-3;1-3-6-2-4(9-3)5(7)8;1-2/h1H,(H,10,11);2H,1H3,(H,7,8);1-2H3. The number of carbonyl (C=O) groups is 2. The Kier molecular flexibility index (Phi) is 7.94. The first kappa shape index (κ1) is 20.6. The van der Waals surface area contributed by atoms with Crippen molar-refractivity contribution < 1.29 is 37.5 Å². The fourth-order valence-corrected chi connectivity index (χ4v) is 1.59. The van der Waals surface area contributed by atoms with E-state index in [1.807, 2.05) is 13.8 Å². The van der Waals surface area contributed by atoms with Gasteiger partial charge >= 0.3 is 18.1 Å². The molecule has 2 N–H and O–H groups in total. The Hall–Kier alpha value is -2.43. The van der Waals surface area contributed by atoms with E-state index < -0.39 is 29.6 Å². The van der Waals surface area contributed by atoms with Gasteiger partial charge in [0.15, 0.2) is 5.69 Å². The predicted molar refractivity (Wildman–Crippen MR) is 73.6 cm³/mol. The largest absolute Gasteiger partial charge is 0.477 e. The van der Waals surface area contributed by atoms with Crippen LogP contribution < -0.4 is 0 Å². The number of rotatable bonds is 2. The van der Waals surface area contributed by atoms with Crippen molar-refractivity contribution in [1.82, 2.24) is 10.1 Å². The number of halogens is 3. The highest BCUT2D eigenvalue weighted by Crippen LogP contribution is 2.29. The summed E-state index contributed by atoms with van der Waals surface area (Å²) < 4.78 is 38.9. The zero-order valence-corrected chi connectivity index (χ0v) is 13.0. The molecule has 0 fully saturated rings. The molecule has 0 bridgehead atoms. The summed E-state index contributed by atoms with van der Waals surface area (Å²) in [5.41, 5.74) is -0.762. The smallest absolute Gasteiger partial charge is 0.452 e. The summed E-state index contributed by atoms with van der Waals surface area (Å²) in [5, 5.41) is 20.0. The molecule has 0 unspecified atom stereocenters. The third kappa shape index (κ3) is 6.91. The van der Waals surface area contributed by atoms with Gasteiger partial charge in [0.2, 0.25) is 5.76 Å². The molecule has 7 nitrogen and oxygen atoms in total. The minimum absolute atomic E-state index is 0.299. The second kappa shape index (κ2) is 8.88. The highest BCUT2D eigenvalue weighted by molar-refractivity contribution is 7.13. The molecule has 0 aliphatic heterocycles. The van der Waals surface area contributed by atoms with E-state index in [2.05, 4.69) is 14.7 Å². The highest BCUT2D eigenvalue weighted by atomic mass is 32.1. The van der Waals surface area contributed by atoms with E-state index in [-0.39, 0.29) is 0 Å². The summed E-state index contributed by atoms with van der Waals surface area (Å²) in [6.45, 7) is 5.77. The van der Waals surface area contributed by atoms with E-state index >= 15 is 0 Å². The molecule has 2 aromatic rings. The Bertz CT molecular complexity index is 651. The molecule has 0 spiro atoms. The lowest BCUT2D eigenvalue weighted by Crippen LogP contribution is -2.02. The van der Waals surface area contributed by atoms with Gasteiger partial charge in [-0.1, -0.05) is 19.0 Å². The molecule has 128 valence electrons. The van der Waals surface area contributed by atoms with Crippen LogP contribution in [0.4, 0.5) is 13.2 Å². The van der Waals surface area contributed by atoms with Gasteiger partial charge in [0, 0.05) is 6.07 Å². The number of hydrogen-bond donors (Lipinski definition) is 2. The van der Waals surface area contributed by atoms with E-state index in [9.17, 15) is 22.8 Å². The Morgan fingerprint density at radius 3 is 2.00 bits per heavy atom. The maximum atomic E-state index is 11.7. The Balaban J connectivity index is 0.000000392. The average molecular weight is 354 g/mol. The van der Waals surface area contributed by atoms with E-state index in [0.29, 0.717) is 10.9 Å². The van der Waals surface area contributed by atoms with Gasteiger partial charge in [0.1, 0.15) is 4.88 Å². The van der Waals surface area contributed by atoms with Crippen LogP contribution in [0.3, 0.4) is 0 Å². The Morgan fingerprint density at radius 1 is 1.22 bits per heavy atom. The van der Waals surface area contributed by atoms with Crippen LogP contribution in [0.15, 0.2) is 16.8 Å². The summed E-state index contributed by atoms with van der Waals surface area (Å²) in [6, 6.07) is 0.322. The van der Waals surface area contributed by atoms with Gasteiger partial charge in [-0.15, -0.1) is 11.3 Å². The van der Waals surface area contributed by atoms with Gasteiger partial charge in [0.25, 0.3) is 0 Å². The van der Waals surface area contributed by atoms with Crippen LogP contribution in [-0.4, -0.2) is 32.3 Å². The summed E-state index contributed by atoms with van der Waals surface area (Å²) >= 11 is 1.19. The molecule has 0 radical (unpaired) electrons. The molecule has 23 heavy (non-hydrogen) atoms. The maximum Gasteiger partial charge on any atom is 0.452 e. The van der Waals surface area contributed by atoms with Crippen molar-refractivity contribution in [3.8, 4) is 0 Å². The first-order valence-corrected chi connectivity index (χ1v) is 6.86. The van der Waals surface area contributed by atoms with Crippen LogP contribution in [0, 0.1) is 6.92 Å². The first-order chi connectivity index (χ1) is 10.6. The number of hydrogen-bond acceptors (Lipinski definition) is 6. The van der Waals surface area contributed by atoms with E-state index in [1.54, 1.807) is 6.92 Å². The lowest BCUT2D eigenvalue weighted by molar-refractivity contribution is -0.155. The molecule has 0 aliphatic rings. The number of aromatic carboxylic acids is 2. The molecule has 11 heteroatoms. The lowest BCUT2D eigenvalue weighted by Gasteiger charge is -1.96. The molecule has 0 aliphatic carbocycles. The second-order valence-electron chi connectivity index (χ2n) is 3.43. The topological polar surface area (TPSA) is 114 Å². The zero-order chi connectivity index (χ0) is 18.2. The van der Waals surface area contributed by atoms with E-state index in [4.69, 9.17) is 10.2 Å². The fourth-order valence-electron chi connectivity index (χ4n) is 0.970. The molecule has 2 heterocycles. The van der Waals surface area contributed by atoms with Crippen molar-refractivity contribution in [1.29, 1.82) is 0 Å². The molecule has 0 saturated carbocycles. The molecule has 0 atom stereocenters. The number of aryl methyl sites for hydroxylation is 1. The van der Waals surface area contributed by atoms with Gasteiger partial charge in [-0.2, -0.15) is 13.2 Å². The predicted octanol–water partition coefficient (Wildman–Crippen LogP) is 3.57. The summed E-state index contributed by atoms with van der Waals surface area (Å²) in [6.07, 6.45) is -3.33. The van der Waals surface area contributed by atoms with Crippen molar-refractivity contribution in [2.24, 2.45) is 0 Å². The Morgan fingerprint density at radius 2 is 1.78 bits per heavy atom. The van der Waals surface area contributed by atoms with Crippen molar-refractivity contribution in [3.63, 3.8) is 0 Å². The fraction of sp³-hybridized carbons (Fsp3) is 0.333. The molecule has 0 amide bonds. The van der Waals surface area contributed by atoms with Crippen molar-refractivity contribution in [2.75, 3.05) is 0 Å². The van der Waals surface area contributed by atoms with Gasteiger partial charge in [-0.05, 0) is 6.92 Å². The second-order valence-corrected chi connectivity index (χ2v) is 4.66. The van der Waals surface area contributed by atoms with Gasteiger partial charge in [-0.25, -0.2) is 14.6 Å². The van der Waals surface area contributed by atoms with Gasteiger partial charge in [-0.3, -0.25) is 0 Å². The number of carboxylic acids is 2. The summed E-state index contributed by atoms with van der Waals surface area (Å²) in [7, 11) is 0. The normalized spacial score (nSPS) is 10.0. The molecule has 2 aromatic heterocycles. The van der Waals surface area contributed by atoms with Crippen LogP contribution in [0.5, 0.6) is 0 Å². The first-order valence-electron chi connectivity index (χ1n) is 6.04. The molecule has 2 rings (SSSR count). The number of thiazole rings is 1. The monoisotopic (exact) mass is 354 g/mol. The van der Waals surface area contributed by atoms with Crippen LogP contribution in [0.1, 0.15) is 44.8 Å². The van der Waals surface area contributed by atoms with Crippen molar-refractivity contribution >= 4 is 23.3 Å². The minimum atomic E-state index is -4.69. The molecular formula is C12H13F3N2O5S. The minimum Gasteiger partial charge on any atom is -0.477 e. The number of alkyl halides is 3. The van der Waals surface area contributed by atoms with Crippen molar-refractivity contribution in [3.05, 3.63) is 33.6 Å². The molecule has 0 aromatic carbocycles. The molecular weight excluding hydrogens is 341 g/mol. The van der Waals surface area contributed by atoms with Crippen LogP contribution in [-0.2, 0) is 6.18 Å². The Labute approximate surface area is 132 Å². The maximum absolute atomic E-state index is 11.7. The van der Waals surface area contributed by atoms with Crippen molar-refractivity contribution in [2.45, 2.75) is 26.9 Å². The van der Waals surface area contributed by atoms with Crippen LogP contribution in [0.2, 0.25) is 0 Å². The third-order valence-corrected chi connectivity index (χ3v) is 2.74. The SMILES string of the molecule is CC.Cc1ncc(C(=O)O)s1.O=C(O)c1cc(C(F)(F)F)on1. The zero-order valence-electron chi connectivity index (χ0n) is 12.2. The number of aromatic nitrogens is 2. The number of nitrogens with zero attached hydrogens (tertiary/aromatic N) is 2. The quantitative estimate of drug-likeness (QED) is 0.847. The van der Waals surface area contributed by atoms with Crippen LogP contribution >= 0.6 is 11.3 Å². The van der Waals surface area contributed by atoms with Crippen LogP contribution in [0.25, 0.3) is 0 Å².